The number of hydrogen-bond donors (Lipinski definition) is 1. The highest BCUT2D eigenvalue weighted by Crippen LogP contribution is 2.18. The van der Waals surface area contributed by atoms with Crippen molar-refractivity contribution in [2.45, 2.75) is 40.7 Å². The molecule has 19 heavy (non-hydrogen) atoms. The van der Waals surface area contributed by atoms with Crippen LogP contribution in [-0.2, 0) is 0 Å². The van der Waals surface area contributed by atoms with E-state index in [1.165, 1.54) is 11.1 Å². The van der Waals surface area contributed by atoms with Crippen LogP contribution < -0.4 is 10.1 Å². The molecule has 0 heterocycles. The van der Waals surface area contributed by atoms with Gasteiger partial charge in [-0.25, -0.2) is 0 Å². The Bertz CT molecular complexity index is 390. The molecule has 0 saturated carbocycles. The van der Waals surface area contributed by atoms with E-state index in [-0.39, 0.29) is 6.10 Å². The topological polar surface area (TPSA) is 21.3 Å². The summed E-state index contributed by atoms with van der Waals surface area (Å²) in [7, 11) is 0. The molecular formula is C17H27NO. The largest absolute Gasteiger partial charge is 0.491 e. The maximum absolute atomic E-state index is 5.65. The van der Waals surface area contributed by atoms with Crippen molar-refractivity contribution in [1.82, 2.24) is 5.32 Å². The molecule has 0 unspecified atom stereocenters. The molecule has 0 aromatic heterocycles. The first-order valence-corrected chi connectivity index (χ1v) is 7.20. The summed E-state index contributed by atoms with van der Waals surface area (Å²) in [6.07, 6.45) is 2.49. The van der Waals surface area contributed by atoms with E-state index in [1.807, 2.05) is 26.0 Å². The minimum atomic E-state index is 0.223. The third-order valence-corrected chi connectivity index (χ3v) is 2.92. The molecule has 0 aliphatic carbocycles. The Balaban J connectivity index is 2.77. The van der Waals surface area contributed by atoms with Gasteiger partial charge in [0.25, 0.3) is 0 Å². The number of benzene rings is 1. The van der Waals surface area contributed by atoms with Crippen molar-refractivity contribution in [2.24, 2.45) is 5.92 Å². The molecule has 106 valence electrons. The van der Waals surface area contributed by atoms with Gasteiger partial charge in [0.2, 0.25) is 0 Å². The fourth-order valence-electron chi connectivity index (χ4n) is 1.82. The van der Waals surface area contributed by atoms with E-state index in [4.69, 9.17) is 4.74 Å². The number of rotatable bonds is 7. The molecule has 0 aliphatic heterocycles. The van der Waals surface area contributed by atoms with Gasteiger partial charge < -0.3 is 10.1 Å². The first-order valence-electron chi connectivity index (χ1n) is 7.20. The van der Waals surface area contributed by atoms with Crippen molar-refractivity contribution in [3.8, 4) is 5.75 Å². The molecule has 2 nitrogen and oxygen atoms in total. The van der Waals surface area contributed by atoms with Crippen molar-refractivity contribution in [3.05, 3.63) is 35.4 Å². The Labute approximate surface area is 117 Å². The number of ether oxygens (including phenoxy) is 1. The van der Waals surface area contributed by atoms with Crippen LogP contribution in [0, 0.1) is 5.92 Å². The summed E-state index contributed by atoms with van der Waals surface area (Å²) < 4.78 is 5.65. The van der Waals surface area contributed by atoms with Gasteiger partial charge in [-0.1, -0.05) is 44.6 Å². The molecule has 0 fully saturated rings. The number of hydrogen-bond acceptors (Lipinski definition) is 2. The van der Waals surface area contributed by atoms with Gasteiger partial charge >= 0.3 is 0 Å². The molecule has 1 N–H and O–H groups in total. The van der Waals surface area contributed by atoms with E-state index in [9.17, 15) is 0 Å². The highest BCUT2D eigenvalue weighted by atomic mass is 16.5. The lowest BCUT2D eigenvalue weighted by atomic mass is 10.00. The van der Waals surface area contributed by atoms with Gasteiger partial charge in [-0.2, -0.15) is 0 Å². The van der Waals surface area contributed by atoms with Gasteiger partial charge in [0.05, 0.1) is 6.10 Å². The van der Waals surface area contributed by atoms with Crippen LogP contribution in [0.5, 0.6) is 5.75 Å². The predicted molar refractivity (Wildman–Crippen MR) is 83.6 cm³/mol. The summed E-state index contributed by atoms with van der Waals surface area (Å²) in [4.78, 5) is 0. The van der Waals surface area contributed by atoms with Crippen LogP contribution >= 0.6 is 0 Å². The lowest BCUT2D eigenvalue weighted by molar-refractivity contribution is 0.242. The van der Waals surface area contributed by atoms with Crippen molar-refractivity contribution in [3.63, 3.8) is 0 Å². The van der Waals surface area contributed by atoms with Crippen molar-refractivity contribution < 1.29 is 4.74 Å². The third kappa shape index (κ3) is 5.93. The maximum atomic E-state index is 5.65. The smallest absolute Gasteiger partial charge is 0.119 e. The van der Waals surface area contributed by atoms with E-state index >= 15 is 0 Å². The highest BCUT2D eigenvalue weighted by Gasteiger charge is 2.03. The summed E-state index contributed by atoms with van der Waals surface area (Å²) in [5.74, 6) is 1.50. The van der Waals surface area contributed by atoms with Crippen LogP contribution in [0.25, 0.3) is 6.08 Å². The van der Waals surface area contributed by atoms with Crippen LogP contribution in [0.4, 0.5) is 0 Å². The van der Waals surface area contributed by atoms with Crippen LogP contribution in [0.15, 0.2) is 29.8 Å². The van der Waals surface area contributed by atoms with Gasteiger partial charge in [-0.15, -0.1) is 0 Å². The minimum Gasteiger partial charge on any atom is -0.491 e. The highest BCUT2D eigenvalue weighted by molar-refractivity contribution is 5.54. The van der Waals surface area contributed by atoms with Gasteiger partial charge in [0, 0.05) is 6.54 Å². The first-order chi connectivity index (χ1) is 9.02. The molecule has 0 bridgehead atoms. The molecule has 0 saturated heterocycles. The van der Waals surface area contributed by atoms with Crippen LogP contribution in [0.1, 0.15) is 40.2 Å². The summed E-state index contributed by atoms with van der Waals surface area (Å²) in [6, 6.07) is 8.31. The Hall–Kier alpha value is -1.28. The second kappa shape index (κ2) is 8.00. The molecular weight excluding hydrogens is 234 g/mol. The lowest BCUT2D eigenvalue weighted by Gasteiger charge is -2.13. The second-order valence-corrected chi connectivity index (χ2v) is 5.39. The number of nitrogens with one attached hydrogen (secondary N) is 1. The fourth-order valence-corrected chi connectivity index (χ4v) is 1.82. The number of likely N-dealkylation sites (N-methyl/N-ethyl adjacent to an activating group) is 1. The standard InChI is InChI=1S/C17H27NO/c1-6-18-12-16(13(2)3)11-15-7-9-17(10-8-15)19-14(4)5/h7-11,13-14,18H,6,12H2,1-5H3. The predicted octanol–water partition coefficient (Wildman–Crippen LogP) is 4.12. The second-order valence-electron chi connectivity index (χ2n) is 5.39. The van der Waals surface area contributed by atoms with E-state index in [0.717, 1.165) is 18.8 Å². The third-order valence-electron chi connectivity index (χ3n) is 2.92. The van der Waals surface area contributed by atoms with Gasteiger partial charge in [-0.05, 0) is 44.0 Å². The average molecular weight is 261 g/mol. The summed E-state index contributed by atoms with van der Waals surface area (Å²) in [6.45, 7) is 12.7. The summed E-state index contributed by atoms with van der Waals surface area (Å²) in [5, 5.41) is 3.39. The van der Waals surface area contributed by atoms with Crippen LogP contribution in [0.2, 0.25) is 0 Å². The zero-order valence-corrected chi connectivity index (χ0v) is 12.9. The average Bonchev–Trinajstić information content (AvgIpc) is 2.35. The molecule has 0 aliphatic rings. The maximum Gasteiger partial charge on any atom is 0.119 e. The van der Waals surface area contributed by atoms with Crippen molar-refractivity contribution >= 4 is 6.08 Å². The zero-order chi connectivity index (χ0) is 14.3. The van der Waals surface area contributed by atoms with E-state index in [1.54, 1.807) is 0 Å². The van der Waals surface area contributed by atoms with Crippen molar-refractivity contribution in [1.29, 1.82) is 0 Å². The quantitative estimate of drug-likeness (QED) is 0.797. The molecule has 0 atom stereocenters. The fraction of sp³-hybridized carbons (Fsp3) is 0.529. The van der Waals surface area contributed by atoms with E-state index < -0.39 is 0 Å². The first kappa shape index (κ1) is 15.8. The Kier molecular flexibility index (Phi) is 6.65. The van der Waals surface area contributed by atoms with E-state index in [0.29, 0.717) is 5.92 Å². The summed E-state index contributed by atoms with van der Waals surface area (Å²) in [5.41, 5.74) is 2.66. The molecule has 1 aromatic carbocycles. The van der Waals surface area contributed by atoms with Gasteiger partial charge in [0.1, 0.15) is 5.75 Å². The molecule has 0 amide bonds. The molecule has 1 aromatic rings. The minimum absolute atomic E-state index is 0.223. The SMILES string of the molecule is CCNCC(=Cc1ccc(OC(C)C)cc1)C(C)C. The molecule has 0 radical (unpaired) electrons. The molecule has 0 spiro atoms. The van der Waals surface area contributed by atoms with Gasteiger partial charge in [0.15, 0.2) is 0 Å². The van der Waals surface area contributed by atoms with Crippen molar-refractivity contribution in [2.75, 3.05) is 13.1 Å². The normalized spacial score (nSPS) is 12.3. The van der Waals surface area contributed by atoms with Gasteiger partial charge in [-0.3, -0.25) is 0 Å². The summed E-state index contributed by atoms with van der Waals surface area (Å²) >= 11 is 0. The Morgan fingerprint density at radius 1 is 1.16 bits per heavy atom. The van der Waals surface area contributed by atoms with Crippen LogP contribution in [0.3, 0.4) is 0 Å². The monoisotopic (exact) mass is 261 g/mol. The molecule has 1 rings (SSSR count). The van der Waals surface area contributed by atoms with E-state index in [2.05, 4.69) is 44.3 Å². The molecule has 2 heteroatoms. The Morgan fingerprint density at radius 2 is 1.79 bits per heavy atom. The Morgan fingerprint density at radius 3 is 2.26 bits per heavy atom. The lowest BCUT2D eigenvalue weighted by Crippen LogP contribution is -2.18. The zero-order valence-electron chi connectivity index (χ0n) is 12.9. The van der Waals surface area contributed by atoms with Crippen LogP contribution in [-0.4, -0.2) is 19.2 Å².